The highest BCUT2D eigenvalue weighted by molar-refractivity contribution is 7.99. The number of ketones is 1. The molecule has 2 aromatic rings. The Morgan fingerprint density at radius 3 is 2.59 bits per heavy atom. The maximum absolute atomic E-state index is 13.9. The number of Topliss-reactive ketones (excluding diaryl/α,β-unsaturated/α-hetero) is 1. The molecule has 3 atom stereocenters. The third-order valence-corrected chi connectivity index (χ3v) is 7.93. The molecule has 0 saturated heterocycles. The van der Waals surface area contributed by atoms with Gasteiger partial charge in [-0.15, -0.1) is 0 Å². The molecular formula is C31H35NO6S. The molecule has 8 heteroatoms. The predicted molar refractivity (Wildman–Crippen MR) is 151 cm³/mol. The summed E-state index contributed by atoms with van der Waals surface area (Å²) in [5.74, 6) is -1.04. The molecule has 1 aliphatic carbocycles. The Balaban J connectivity index is 1.73. The first-order valence-electron chi connectivity index (χ1n) is 13.2. The van der Waals surface area contributed by atoms with Crippen LogP contribution in [0.5, 0.6) is 5.75 Å². The van der Waals surface area contributed by atoms with Crippen LogP contribution in [0.15, 0.2) is 77.1 Å². The number of rotatable bonds is 10. The Bertz CT molecular complexity index is 1280. The lowest BCUT2D eigenvalue weighted by atomic mass is 9.69. The van der Waals surface area contributed by atoms with Crippen LogP contribution < -0.4 is 10.1 Å². The first-order chi connectivity index (χ1) is 18.8. The van der Waals surface area contributed by atoms with Crippen LogP contribution >= 0.6 is 11.8 Å². The summed E-state index contributed by atoms with van der Waals surface area (Å²) in [6, 6.07) is 17.3. The number of carbonyl (C=O) groups is 3. The summed E-state index contributed by atoms with van der Waals surface area (Å²) in [7, 11) is 1.29. The molecule has 39 heavy (non-hydrogen) atoms. The standard InChI is InChI=1S/C31H35NO6S/c1-5-39-15-14-37-31(35)26-20(3)32-24-16-19(2)25(30(34)36-4)29(33)28(24)27(26)22-12-9-13-23(17-22)38-18-21-10-7-6-8-11-21/h6-13,17,19,25,27,32H,5,14-16,18H2,1-4H3/t19-,25-,27+/m1/s1. The zero-order valence-electron chi connectivity index (χ0n) is 22.8. The van der Waals surface area contributed by atoms with E-state index >= 15 is 0 Å². The van der Waals surface area contributed by atoms with Gasteiger partial charge in [0.05, 0.1) is 12.7 Å². The fourth-order valence-corrected chi connectivity index (χ4v) is 5.71. The van der Waals surface area contributed by atoms with Crippen molar-refractivity contribution in [1.82, 2.24) is 5.32 Å². The van der Waals surface area contributed by atoms with Crippen LogP contribution in [0, 0.1) is 11.8 Å². The Morgan fingerprint density at radius 2 is 1.87 bits per heavy atom. The molecule has 0 amide bonds. The highest BCUT2D eigenvalue weighted by Crippen LogP contribution is 2.46. The van der Waals surface area contributed by atoms with Crippen LogP contribution in [0.1, 0.15) is 44.2 Å². The molecule has 0 spiro atoms. The minimum Gasteiger partial charge on any atom is -0.489 e. The minimum absolute atomic E-state index is 0.246. The van der Waals surface area contributed by atoms with E-state index in [0.717, 1.165) is 22.6 Å². The normalized spacial score (nSPS) is 20.7. The van der Waals surface area contributed by atoms with Gasteiger partial charge in [-0.2, -0.15) is 11.8 Å². The number of esters is 2. The van der Waals surface area contributed by atoms with E-state index in [0.29, 0.717) is 41.4 Å². The zero-order valence-corrected chi connectivity index (χ0v) is 23.6. The lowest BCUT2D eigenvalue weighted by Crippen LogP contribution is -2.43. The highest BCUT2D eigenvalue weighted by atomic mass is 32.2. The lowest BCUT2D eigenvalue weighted by Gasteiger charge is -2.38. The molecule has 0 unspecified atom stereocenters. The second-order valence-electron chi connectivity index (χ2n) is 9.72. The fourth-order valence-electron chi connectivity index (χ4n) is 5.22. The summed E-state index contributed by atoms with van der Waals surface area (Å²) in [5.41, 5.74) is 3.88. The molecule has 0 bridgehead atoms. The summed E-state index contributed by atoms with van der Waals surface area (Å²) >= 11 is 1.68. The van der Waals surface area contributed by atoms with E-state index in [-0.39, 0.29) is 18.3 Å². The SMILES string of the molecule is CCSCCOC(=O)C1=C(C)NC2=C(C(=O)[C@H](C(=O)OC)[C@H](C)C2)[C@H]1c1cccc(OCc2ccccc2)c1. The minimum atomic E-state index is -0.938. The highest BCUT2D eigenvalue weighted by Gasteiger charge is 2.47. The van der Waals surface area contributed by atoms with Crippen molar-refractivity contribution in [1.29, 1.82) is 0 Å². The van der Waals surface area contributed by atoms with Gasteiger partial charge in [0, 0.05) is 28.6 Å². The molecule has 7 nitrogen and oxygen atoms in total. The van der Waals surface area contributed by atoms with Gasteiger partial charge in [-0.05, 0) is 48.3 Å². The number of carbonyl (C=O) groups excluding carboxylic acids is 3. The van der Waals surface area contributed by atoms with Crippen LogP contribution in [-0.2, 0) is 30.5 Å². The van der Waals surface area contributed by atoms with E-state index in [2.05, 4.69) is 12.2 Å². The average molecular weight is 550 g/mol. The van der Waals surface area contributed by atoms with Crippen molar-refractivity contribution in [2.75, 3.05) is 25.2 Å². The predicted octanol–water partition coefficient (Wildman–Crippen LogP) is 5.17. The summed E-state index contributed by atoms with van der Waals surface area (Å²) in [5, 5.41) is 3.30. The maximum atomic E-state index is 13.9. The quantitative estimate of drug-likeness (QED) is 0.247. The monoisotopic (exact) mass is 549 g/mol. The molecule has 0 fully saturated rings. The van der Waals surface area contributed by atoms with Gasteiger partial charge in [0.2, 0.25) is 0 Å². The molecule has 0 aromatic heterocycles. The zero-order chi connectivity index (χ0) is 27.9. The fraction of sp³-hybridized carbons (Fsp3) is 0.387. The second-order valence-corrected chi connectivity index (χ2v) is 11.1. The van der Waals surface area contributed by atoms with Crippen LogP contribution in [-0.4, -0.2) is 42.9 Å². The van der Waals surface area contributed by atoms with Crippen molar-refractivity contribution >= 4 is 29.5 Å². The van der Waals surface area contributed by atoms with Crippen LogP contribution in [0.2, 0.25) is 0 Å². The molecule has 1 aliphatic heterocycles. The maximum Gasteiger partial charge on any atom is 0.336 e. The largest absolute Gasteiger partial charge is 0.489 e. The van der Waals surface area contributed by atoms with Crippen molar-refractivity contribution in [2.24, 2.45) is 11.8 Å². The van der Waals surface area contributed by atoms with E-state index in [1.807, 2.05) is 68.4 Å². The van der Waals surface area contributed by atoms with Crippen molar-refractivity contribution in [3.63, 3.8) is 0 Å². The third-order valence-electron chi connectivity index (χ3n) is 7.07. The Hall–Kier alpha value is -3.52. The molecule has 1 N–H and O–H groups in total. The third kappa shape index (κ3) is 6.38. The number of allylic oxidation sites excluding steroid dienone is 3. The van der Waals surface area contributed by atoms with Gasteiger partial charge < -0.3 is 19.5 Å². The number of ether oxygens (including phenoxy) is 3. The van der Waals surface area contributed by atoms with Gasteiger partial charge in [-0.1, -0.05) is 56.3 Å². The van der Waals surface area contributed by atoms with Crippen molar-refractivity contribution in [3.05, 3.63) is 88.3 Å². The van der Waals surface area contributed by atoms with Crippen molar-refractivity contribution in [2.45, 2.75) is 39.7 Å². The average Bonchev–Trinajstić information content (AvgIpc) is 2.94. The van der Waals surface area contributed by atoms with Crippen molar-refractivity contribution < 1.29 is 28.6 Å². The summed E-state index contributed by atoms with van der Waals surface area (Å²) in [6.45, 7) is 6.39. The van der Waals surface area contributed by atoms with Gasteiger partial charge in [0.25, 0.3) is 0 Å². The lowest BCUT2D eigenvalue weighted by molar-refractivity contribution is -0.151. The second kappa shape index (κ2) is 13.0. The Morgan fingerprint density at radius 1 is 1.10 bits per heavy atom. The van der Waals surface area contributed by atoms with Gasteiger partial charge in [-0.3, -0.25) is 9.59 Å². The summed E-state index contributed by atoms with van der Waals surface area (Å²) < 4.78 is 16.7. The molecule has 4 rings (SSSR count). The number of benzene rings is 2. The molecular weight excluding hydrogens is 514 g/mol. The molecule has 1 heterocycles. The van der Waals surface area contributed by atoms with E-state index in [9.17, 15) is 14.4 Å². The Kier molecular flexibility index (Phi) is 9.51. The number of dihydropyridines is 1. The number of hydrogen-bond acceptors (Lipinski definition) is 8. The topological polar surface area (TPSA) is 90.9 Å². The molecule has 0 radical (unpaired) electrons. The summed E-state index contributed by atoms with van der Waals surface area (Å²) in [4.78, 5) is 40.0. The van der Waals surface area contributed by atoms with Gasteiger partial charge in [0.1, 0.15) is 24.9 Å². The van der Waals surface area contributed by atoms with E-state index in [1.54, 1.807) is 11.8 Å². The van der Waals surface area contributed by atoms with Crippen LogP contribution in [0.4, 0.5) is 0 Å². The van der Waals surface area contributed by atoms with Crippen LogP contribution in [0.25, 0.3) is 0 Å². The molecule has 2 aliphatic rings. The van der Waals surface area contributed by atoms with E-state index in [4.69, 9.17) is 14.2 Å². The van der Waals surface area contributed by atoms with Crippen LogP contribution in [0.3, 0.4) is 0 Å². The summed E-state index contributed by atoms with van der Waals surface area (Å²) in [6.07, 6.45) is 0.481. The van der Waals surface area contributed by atoms with Crippen molar-refractivity contribution in [3.8, 4) is 5.75 Å². The Labute approximate surface area is 234 Å². The first kappa shape index (κ1) is 28.5. The smallest absolute Gasteiger partial charge is 0.336 e. The molecule has 0 saturated carbocycles. The van der Waals surface area contributed by atoms with E-state index < -0.39 is 23.8 Å². The number of methoxy groups -OCH3 is 1. The van der Waals surface area contributed by atoms with Gasteiger partial charge >= 0.3 is 11.9 Å². The first-order valence-corrected chi connectivity index (χ1v) is 14.4. The number of hydrogen-bond donors (Lipinski definition) is 1. The number of nitrogens with one attached hydrogen (secondary N) is 1. The van der Waals surface area contributed by atoms with Gasteiger partial charge in [-0.25, -0.2) is 4.79 Å². The van der Waals surface area contributed by atoms with Gasteiger partial charge in [0.15, 0.2) is 5.78 Å². The molecule has 206 valence electrons. The molecule has 2 aromatic carbocycles. The van der Waals surface area contributed by atoms with E-state index in [1.165, 1.54) is 7.11 Å². The number of thioether (sulfide) groups is 1.